The van der Waals surface area contributed by atoms with Crippen LogP contribution < -0.4 is 5.32 Å². The zero-order valence-corrected chi connectivity index (χ0v) is 9.39. The van der Waals surface area contributed by atoms with Gasteiger partial charge in [0, 0.05) is 0 Å². The van der Waals surface area contributed by atoms with Crippen molar-refractivity contribution in [1.29, 1.82) is 0 Å². The molecule has 16 heavy (non-hydrogen) atoms. The Hall–Kier alpha value is -1.33. The van der Waals surface area contributed by atoms with Crippen LogP contribution in [0.4, 0.5) is 0 Å². The first-order valence-electron chi connectivity index (χ1n) is 5.21. The zero-order chi connectivity index (χ0) is 11.2. The summed E-state index contributed by atoms with van der Waals surface area (Å²) < 4.78 is 26.0. The van der Waals surface area contributed by atoms with Gasteiger partial charge in [0.1, 0.15) is 6.17 Å². The van der Waals surface area contributed by atoms with Crippen molar-refractivity contribution in [3.63, 3.8) is 0 Å². The lowest BCUT2D eigenvalue weighted by Crippen LogP contribution is -2.21. The minimum absolute atomic E-state index is 0.0461. The summed E-state index contributed by atoms with van der Waals surface area (Å²) in [5.41, 5.74) is 0. The number of nitrogens with zero attached hydrogens (tertiary/aromatic N) is 1. The van der Waals surface area contributed by atoms with Crippen molar-refractivity contribution >= 4 is 10.0 Å². The van der Waals surface area contributed by atoms with E-state index < -0.39 is 10.0 Å². The molecule has 1 aromatic carbocycles. The standard InChI is InChI=1S/C11H12N2O2S/c14-16(15,9-5-2-1-3-6-9)13-10-7-4-8-12-11(10)13/h1-6,8,10-12H,7H2. The van der Waals surface area contributed by atoms with Gasteiger partial charge in [-0.15, -0.1) is 0 Å². The molecule has 2 heterocycles. The Balaban J connectivity index is 1.92. The molecule has 0 aliphatic carbocycles. The maximum Gasteiger partial charge on any atom is 0.245 e. The van der Waals surface area contributed by atoms with Crippen LogP contribution in [0.1, 0.15) is 6.42 Å². The number of fused-ring (bicyclic) bond motifs is 1. The van der Waals surface area contributed by atoms with E-state index in [2.05, 4.69) is 5.32 Å². The second-order valence-electron chi connectivity index (χ2n) is 3.96. The van der Waals surface area contributed by atoms with Crippen LogP contribution in [0.3, 0.4) is 0 Å². The molecule has 0 bridgehead atoms. The molecule has 1 N–H and O–H groups in total. The fourth-order valence-corrected chi connectivity index (χ4v) is 3.84. The van der Waals surface area contributed by atoms with E-state index in [9.17, 15) is 8.42 Å². The average molecular weight is 236 g/mol. The van der Waals surface area contributed by atoms with Crippen molar-refractivity contribution in [3.8, 4) is 0 Å². The average Bonchev–Trinajstić information content (AvgIpc) is 3.05. The van der Waals surface area contributed by atoms with Gasteiger partial charge in [0.05, 0.1) is 10.9 Å². The monoisotopic (exact) mass is 236 g/mol. The number of benzene rings is 1. The number of sulfonamides is 1. The van der Waals surface area contributed by atoms with Gasteiger partial charge in [-0.1, -0.05) is 24.3 Å². The molecular formula is C11H12N2O2S. The van der Waals surface area contributed by atoms with E-state index in [1.165, 1.54) is 4.31 Å². The van der Waals surface area contributed by atoms with E-state index in [-0.39, 0.29) is 12.2 Å². The smallest absolute Gasteiger partial charge is 0.245 e. The van der Waals surface area contributed by atoms with Gasteiger partial charge in [-0.25, -0.2) is 8.42 Å². The minimum atomic E-state index is -3.32. The summed E-state index contributed by atoms with van der Waals surface area (Å²) in [5.74, 6) is 0. The van der Waals surface area contributed by atoms with Gasteiger partial charge < -0.3 is 5.32 Å². The van der Waals surface area contributed by atoms with Crippen LogP contribution in [0.2, 0.25) is 0 Å². The van der Waals surface area contributed by atoms with E-state index in [1.807, 2.05) is 18.3 Å². The van der Waals surface area contributed by atoms with Crippen LogP contribution in [-0.2, 0) is 10.0 Å². The predicted molar refractivity (Wildman–Crippen MR) is 59.9 cm³/mol. The molecule has 5 heteroatoms. The Morgan fingerprint density at radius 3 is 2.62 bits per heavy atom. The van der Waals surface area contributed by atoms with E-state index in [0.717, 1.165) is 6.42 Å². The Morgan fingerprint density at radius 1 is 1.25 bits per heavy atom. The lowest BCUT2D eigenvalue weighted by atomic mass is 10.2. The van der Waals surface area contributed by atoms with Crippen molar-refractivity contribution in [2.24, 2.45) is 0 Å². The fraction of sp³-hybridized carbons (Fsp3) is 0.273. The number of nitrogens with one attached hydrogen (secondary N) is 1. The molecule has 3 rings (SSSR count). The van der Waals surface area contributed by atoms with E-state index >= 15 is 0 Å². The maximum absolute atomic E-state index is 12.2. The van der Waals surface area contributed by atoms with Crippen LogP contribution in [0.15, 0.2) is 47.5 Å². The van der Waals surface area contributed by atoms with Crippen molar-refractivity contribution in [3.05, 3.63) is 42.6 Å². The molecule has 4 nitrogen and oxygen atoms in total. The Kier molecular flexibility index (Phi) is 2.05. The van der Waals surface area contributed by atoms with Gasteiger partial charge in [-0.05, 0) is 24.8 Å². The van der Waals surface area contributed by atoms with E-state index in [0.29, 0.717) is 4.90 Å². The van der Waals surface area contributed by atoms with Crippen LogP contribution in [0, 0.1) is 0 Å². The molecule has 1 saturated heterocycles. The van der Waals surface area contributed by atoms with Gasteiger partial charge in [0.2, 0.25) is 10.0 Å². The first-order chi connectivity index (χ1) is 7.71. The van der Waals surface area contributed by atoms with E-state index in [4.69, 9.17) is 0 Å². The normalized spacial score (nSPS) is 31.6. The van der Waals surface area contributed by atoms with Crippen molar-refractivity contribution in [2.75, 3.05) is 0 Å². The SMILES string of the molecule is O=S(=O)(c1ccccc1)N1C2CC=CNC21. The zero-order valence-electron chi connectivity index (χ0n) is 8.58. The summed E-state index contributed by atoms with van der Waals surface area (Å²) in [6.07, 6.45) is 4.53. The molecule has 0 radical (unpaired) electrons. The predicted octanol–water partition coefficient (Wildman–Crippen LogP) is 0.893. The van der Waals surface area contributed by atoms with Crippen molar-refractivity contribution in [2.45, 2.75) is 23.5 Å². The largest absolute Gasteiger partial charge is 0.374 e. The first kappa shape index (κ1) is 9.86. The highest BCUT2D eigenvalue weighted by Gasteiger charge is 2.55. The summed E-state index contributed by atoms with van der Waals surface area (Å²) in [6, 6.07) is 8.65. The van der Waals surface area contributed by atoms with Gasteiger partial charge in [0.15, 0.2) is 0 Å². The van der Waals surface area contributed by atoms with Gasteiger partial charge >= 0.3 is 0 Å². The highest BCUT2D eigenvalue weighted by Crippen LogP contribution is 2.37. The molecule has 1 aromatic rings. The molecule has 2 aliphatic heterocycles. The summed E-state index contributed by atoms with van der Waals surface area (Å²) in [6.45, 7) is 0. The second-order valence-corrected chi connectivity index (χ2v) is 5.81. The summed E-state index contributed by atoms with van der Waals surface area (Å²) in [5, 5.41) is 3.05. The molecule has 3 atom stereocenters. The highest BCUT2D eigenvalue weighted by molar-refractivity contribution is 7.89. The lowest BCUT2D eigenvalue weighted by Gasteiger charge is -2.05. The topological polar surface area (TPSA) is 49.2 Å². The van der Waals surface area contributed by atoms with Crippen molar-refractivity contribution in [1.82, 2.24) is 9.62 Å². The highest BCUT2D eigenvalue weighted by atomic mass is 32.2. The fourth-order valence-electron chi connectivity index (χ4n) is 2.09. The Morgan fingerprint density at radius 2 is 2.00 bits per heavy atom. The third-order valence-corrected chi connectivity index (χ3v) is 4.88. The maximum atomic E-state index is 12.2. The molecule has 0 amide bonds. The first-order valence-corrected chi connectivity index (χ1v) is 6.65. The van der Waals surface area contributed by atoms with Crippen LogP contribution in [0.25, 0.3) is 0 Å². The second kappa shape index (κ2) is 3.33. The lowest BCUT2D eigenvalue weighted by molar-refractivity contribution is 0.542. The molecule has 0 saturated carbocycles. The van der Waals surface area contributed by atoms with Crippen molar-refractivity contribution < 1.29 is 8.42 Å². The Labute approximate surface area is 94.6 Å². The van der Waals surface area contributed by atoms with Gasteiger partial charge in [-0.2, -0.15) is 4.31 Å². The molecule has 0 aromatic heterocycles. The number of hydrogen-bond acceptors (Lipinski definition) is 3. The van der Waals surface area contributed by atoms with Crippen LogP contribution in [-0.4, -0.2) is 24.9 Å². The summed E-state index contributed by atoms with van der Waals surface area (Å²) in [4.78, 5) is 0.367. The third-order valence-electron chi connectivity index (χ3n) is 2.96. The summed E-state index contributed by atoms with van der Waals surface area (Å²) >= 11 is 0. The molecule has 84 valence electrons. The third kappa shape index (κ3) is 1.36. The molecule has 3 unspecified atom stereocenters. The number of rotatable bonds is 2. The van der Waals surface area contributed by atoms with Crippen LogP contribution >= 0.6 is 0 Å². The Bertz CT molecular complexity index is 510. The van der Waals surface area contributed by atoms with Crippen LogP contribution in [0.5, 0.6) is 0 Å². The van der Waals surface area contributed by atoms with Gasteiger partial charge in [-0.3, -0.25) is 0 Å². The molecule has 1 fully saturated rings. The quantitative estimate of drug-likeness (QED) is 0.776. The summed E-state index contributed by atoms with van der Waals surface area (Å²) in [7, 11) is -3.32. The van der Waals surface area contributed by atoms with Gasteiger partial charge in [0.25, 0.3) is 0 Å². The molecular weight excluding hydrogens is 224 g/mol. The number of hydrogen-bond donors (Lipinski definition) is 1. The molecule has 0 spiro atoms. The van der Waals surface area contributed by atoms with E-state index in [1.54, 1.807) is 24.3 Å². The minimum Gasteiger partial charge on any atom is -0.374 e. The molecule has 2 aliphatic rings.